The maximum atomic E-state index is 5.37. The van der Waals surface area contributed by atoms with E-state index in [4.69, 9.17) is 4.74 Å². The minimum atomic E-state index is 0.513. The van der Waals surface area contributed by atoms with Crippen LogP contribution >= 0.6 is 0 Å². The lowest BCUT2D eigenvalue weighted by Crippen LogP contribution is -2.35. The zero-order chi connectivity index (χ0) is 12.8. The van der Waals surface area contributed by atoms with Gasteiger partial charge >= 0.3 is 0 Å². The second-order valence-electron chi connectivity index (χ2n) is 4.66. The summed E-state index contributed by atoms with van der Waals surface area (Å²) < 4.78 is 5.37. The van der Waals surface area contributed by atoms with E-state index in [1.807, 2.05) is 20.0 Å². The van der Waals surface area contributed by atoms with Gasteiger partial charge in [0.15, 0.2) is 0 Å². The second kappa shape index (κ2) is 6.54. The van der Waals surface area contributed by atoms with Crippen molar-refractivity contribution in [1.82, 2.24) is 15.3 Å². The quantitative estimate of drug-likeness (QED) is 0.834. The molecule has 18 heavy (non-hydrogen) atoms. The first-order chi connectivity index (χ1) is 8.81. The van der Waals surface area contributed by atoms with Crippen molar-refractivity contribution in [2.24, 2.45) is 0 Å². The molecule has 1 heterocycles. The SMILES string of the molecule is CCOc1cc(NC2CCC(NC)CC2)ncn1. The highest BCUT2D eigenvalue weighted by atomic mass is 16.5. The molecule has 0 atom stereocenters. The van der Waals surface area contributed by atoms with Gasteiger partial charge in [0.2, 0.25) is 5.88 Å². The van der Waals surface area contributed by atoms with Crippen molar-refractivity contribution in [3.63, 3.8) is 0 Å². The summed E-state index contributed by atoms with van der Waals surface area (Å²) >= 11 is 0. The number of aromatic nitrogens is 2. The Hall–Kier alpha value is -1.36. The Morgan fingerprint density at radius 3 is 2.61 bits per heavy atom. The van der Waals surface area contributed by atoms with Gasteiger partial charge in [-0.15, -0.1) is 0 Å². The smallest absolute Gasteiger partial charge is 0.218 e. The summed E-state index contributed by atoms with van der Waals surface area (Å²) in [4.78, 5) is 8.30. The molecule has 0 radical (unpaired) electrons. The Balaban J connectivity index is 1.87. The van der Waals surface area contributed by atoms with E-state index in [1.165, 1.54) is 25.7 Å². The number of nitrogens with one attached hydrogen (secondary N) is 2. The number of hydrogen-bond acceptors (Lipinski definition) is 5. The third kappa shape index (κ3) is 3.57. The maximum Gasteiger partial charge on any atom is 0.218 e. The minimum absolute atomic E-state index is 0.513. The Labute approximate surface area is 108 Å². The van der Waals surface area contributed by atoms with E-state index in [9.17, 15) is 0 Å². The van der Waals surface area contributed by atoms with Crippen LogP contribution in [0, 0.1) is 0 Å². The predicted octanol–water partition coefficient (Wildman–Crippen LogP) is 1.82. The number of ether oxygens (including phenoxy) is 1. The minimum Gasteiger partial charge on any atom is -0.478 e. The van der Waals surface area contributed by atoms with E-state index in [2.05, 4.69) is 20.6 Å². The van der Waals surface area contributed by atoms with Gasteiger partial charge < -0.3 is 15.4 Å². The summed E-state index contributed by atoms with van der Waals surface area (Å²) in [5.41, 5.74) is 0. The second-order valence-corrected chi connectivity index (χ2v) is 4.66. The van der Waals surface area contributed by atoms with Crippen molar-refractivity contribution in [3.05, 3.63) is 12.4 Å². The molecule has 100 valence electrons. The van der Waals surface area contributed by atoms with Gasteiger partial charge in [0.05, 0.1) is 6.61 Å². The van der Waals surface area contributed by atoms with Crippen LogP contribution in [0.4, 0.5) is 5.82 Å². The molecule has 5 heteroatoms. The van der Waals surface area contributed by atoms with Crippen LogP contribution in [0.25, 0.3) is 0 Å². The van der Waals surface area contributed by atoms with E-state index in [1.54, 1.807) is 6.33 Å². The summed E-state index contributed by atoms with van der Waals surface area (Å²) in [7, 11) is 2.04. The van der Waals surface area contributed by atoms with Gasteiger partial charge in [0.25, 0.3) is 0 Å². The topological polar surface area (TPSA) is 59.1 Å². The van der Waals surface area contributed by atoms with Gasteiger partial charge in [-0.05, 0) is 39.7 Å². The van der Waals surface area contributed by atoms with Gasteiger partial charge in [-0.25, -0.2) is 9.97 Å². The summed E-state index contributed by atoms with van der Waals surface area (Å²) in [6.07, 6.45) is 6.35. The monoisotopic (exact) mass is 250 g/mol. The number of nitrogens with zero attached hydrogens (tertiary/aromatic N) is 2. The van der Waals surface area contributed by atoms with Crippen molar-refractivity contribution in [3.8, 4) is 5.88 Å². The van der Waals surface area contributed by atoms with Crippen LogP contribution in [0.5, 0.6) is 5.88 Å². The molecular formula is C13H22N4O. The number of hydrogen-bond donors (Lipinski definition) is 2. The Morgan fingerprint density at radius 1 is 1.22 bits per heavy atom. The number of rotatable bonds is 5. The largest absolute Gasteiger partial charge is 0.478 e. The summed E-state index contributed by atoms with van der Waals surface area (Å²) in [5, 5.41) is 6.81. The molecular weight excluding hydrogens is 228 g/mol. The zero-order valence-electron chi connectivity index (χ0n) is 11.1. The van der Waals surface area contributed by atoms with Gasteiger partial charge in [0, 0.05) is 18.2 Å². The highest BCUT2D eigenvalue weighted by Crippen LogP contribution is 2.22. The van der Waals surface area contributed by atoms with Crippen molar-refractivity contribution >= 4 is 5.82 Å². The lowest BCUT2D eigenvalue weighted by atomic mass is 9.91. The molecule has 0 amide bonds. The first-order valence-corrected chi connectivity index (χ1v) is 6.70. The summed E-state index contributed by atoms with van der Waals surface area (Å²) in [6, 6.07) is 3.06. The van der Waals surface area contributed by atoms with Crippen molar-refractivity contribution in [2.75, 3.05) is 19.0 Å². The summed E-state index contributed by atoms with van der Waals surface area (Å²) in [6.45, 7) is 2.58. The van der Waals surface area contributed by atoms with Crippen molar-refractivity contribution in [2.45, 2.75) is 44.7 Å². The Bertz CT molecular complexity index is 364. The van der Waals surface area contributed by atoms with Gasteiger partial charge in [0.1, 0.15) is 12.1 Å². The predicted molar refractivity (Wildman–Crippen MR) is 71.9 cm³/mol. The average Bonchev–Trinajstić information content (AvgIpc) is 2.40. The van der Waals surface area contributed by atoms with Crippen LogP contribution < -0.4 is 15.4 Å². The molecule has 1 aliphatic rings. The van der Waals surface area contributed by atoms with Crippen LogP contribution in [-0.2, 0) is 0 Å². The normalized spacial score (nSPS) is 23.7. The van der Waals surface area contributed by atoms with Crippen LogP contribution in [0.1, 0.15) is 32.6 Å². The average molecular weight is 250 g/mol. The fourth-order valence-electron chi connectivity index (χ4n) is 2.38. The van der Waals surface area contributed by atoms with Crippen molar-refractivity contribution < 1.29 is 4.74 Å². The van der Waals surface area contributed by atoms with E-state index in [0.29, 0.717) is 24.6 Å². The molecule has 0 spiro atoms. The molecule has 5 nitrogen and oxygen atoms in total. The van der Waals surface area contributed by atoms with Gasteiger partial charge in [-0.2, -0.15) is 0 Å². The fourth-order valence-corrected chi connectivity index (χ4v) is 2.38. The van der Waals surface area contributed by atoms with E-state index < -0.39 is 0 Å². The zero-order valence-corrected chi connectivity index (χ0v) is 11.1. The lowest BCUT2D eigenvalue weighted by Gasteiger charge is -2.29. The first-order valence-electron chi connectivity index (χ1n) is 6.70. The van der Waals surface area contributed by atoms with E-state index in [-0.39, 0.29) is 0 Å². The third-order valence-corrected chi connectivity index (χ3v) is 3.42. The van der Waals surface area contributed by atoms with Crippen LogP contribution in [0.2, 0.25) is 0 Å². The van der Waals surface area contributed by atoms with Gasteiger partial charge in [-0.1, -0.05) is 0 Å². The molecule has 2 rings (SSSR count). The first kappa shape index (κ1) is 13.1. The van der Waals surface area contributed by atoms with Crippen LogP contribution in [0.15, 0.2) is 12.4 Å². The number of anilines is 1. The Morgan fingerprint density at radius 2 is 1.94 bits per heavy atom. The molecule has 1 aromatic heterocycles. The summed E-state index contributed by atoms with van der Waals surface area (Å²) in [5.74, 6) is 1.50. The molecule has 2 N–H and O–H groups in total. The maximum absolute atomic E-state index is 5.37. The van der Waals surface area contributed by atoms with Crippen LogP contribution in [-0.4, -0.2) is 35.7 Å². The molecule has 0 bridgehead atoms. The third-order valence-electron chi connectivity index (χ3n) is 3.42. The standard InChI is InChI=1S/C13H22N4O/c1-3-18-13-8-12(15-9-16-13)17-11-6-4-10(14-2)5-7-11/h8-11,14H,3-7H2,1-2H3,(H,15,16,17). The van der Waals surface area contributed by atoms with Gasteiger partial charge in [-0.3, -0.25) is 0 Å². The molecule has 1 saturated carbocycles. The van der Waals surface area contributed by atoms with Crippen molar-refractivity contribution in [1.29, 1.82) is 0 Å². The van der Waals surface area contributed by atoms with E-state index in [0.717, 1.165) is 5.82 Å². The highest BCUT2D eigenvalue weighted by Gasteiger charge is 2.20. The molecule has 0 aliphatic heterocycles. The van der Waals surface area contributed by atoms with E-state index >= 15 is 0 Å². The molecule has 1 aliphatic carbocycles. The lowest BCUT2D eigenvalue weighted by molar-refractivity contribution is 0.326. The molecule has 0 saturated heterocycles. The Kier molecular flexibility index (Phi) is 4.75. The molecule has 1 aromatic rings. The van der Waals surface area contributed by atoms with Crippen LogP contribution in [0.3, 0.4) is 0 Å². The fraction of sp³-hybridized carbons (Fsp3) is 0.692. The molecule has 0 unspecified atom stereocenters. The molecule has 1 fully saturated rings. The highest BCUT2D eigenvalue weighted by molar-refractivity contribution is 5.38. The molecule has 0 aromatic carbocycles.